The highest BCUT2D eigenvalue weighted by atomic mass is 16.4. The topological polar surface area (TPSA) is 37.3 Å². The standard InChI is InChI=1S/C71H136O2/c1-61(2)51-41-31-21-11-14-26-36-46-56-66-67(57-47-37-27-15-12-22-32-42-52-62(3)4)69(70(72)73)71(59-49-39-29-19-17-24-34-44-54-64(7)8,60-50-40-30-20-18-25-35-45-55-65(9)10)68(66)58-48-38-28-16-13-23-33-43-53-63(5)6/h61-65H,11-60H2,1-10H3,(H,72,73). The van der Waals surface area contributed by atoms with Crippen molar-refractivity contribution in [3.05, 3.63) is 22.3 Å². The van der Waals surface area contributed by atoms with Crippen LogP contribution in [0.2, 0.25) is 0 Å². The quantitative estimate of drug-likeness (QED) is 0.0617. The smallest absolute Gasteiger partial charge is 0.332 e. The molecule has 73 heavy (non-hydrogen) atoms. The van der Waals surface area contributed by atoms with Crippen LogP contribution in [0.4, 0.5) is 0 Å². The van der Waals surface area contributed by atoms with Crippen LogP contribution < -0.4 is 0 Å². The molecule has 0 spiro atoms. The highest BCUT2D eigenvalue weighted by molar-refractivity contribution is 5.93. The van der Waals surface area contributed by atoms with Crippen molar-refractivity contribution in [3.63, 3.8) is 0 Å². The molecule has 0 bridgehead atoms. The summed E-state index contributed by atoms with van der Waals surface area (Å²) in [6.07, 6.45) is 65.8. The Bertz CT molecular complexity index is 1270. The first-order chi connectivity index (χ1) is 35.3. The first-order valence-corrected chi connectivity index (χ1v) is 34.0. The van der Waals surface area contributed by atoms with Crippen molar-refractivity contribution in [2.45, 2.75) is 390 Å². The molecule has 1 aliphatic rings. The number of hydrogen-bond acceptors (Lipinski definition) is 1. The van der Waals surface area contributed by atoms with E-state index in [2.05, 4.69) is 69.2 Å². The largest absolute Gasteiger partial charge is 0.478 e. The molecule has 432 valence electrons. The zero-order chi connectivity index (χ0) is 53.6. The molecule has 0 saturated heterocycles. The van der Waals surface area contributed by atoms with E-state index in [1.807, 2.05) is 0 Å². The summed E-state index contributed by atoms with van der Waals surface area (Å²) in [6.45, 7) is 23.6. The Balaban J connectivity index is 3.43. The molecule has 1 aliphatic carbocycles. The molecule has 1 N–H and O–H groups in total. The monoisotopic (exact) mass is 1020 g/mol. The third-order valence-corrected chi connectivity index (χ3v) is 17.4. The third-order valence-electron chi connectivity index (χ3n) is 17.4. The number of allylic oxidation sites excluding steroid dienone is 3. The summed E-state index contributed by atoms with van der Waals surface area (Å²) in [7, 11) is 0. The minimum Gasteiger partial charge on any atom is -0.478 e. The van der Waals surface area contributed by atoms with Gasteiger partial charge in [0.05, 0.1) is 5.57 Å². The molecule has 0 aliphatic heterocycles. The molecule has 0 aromatic carbocycles. The zero-order valence-electron chi connectivity index (χ0n) is 52.1. The van der Waals surface area contributed by atoms with E-state index in [-0.39, 0.29) is 5.41 Å². The highest BCUT2D eigenvalue weighted by Gasteiger charge is 2.47. The third kappa shape index (κ3) is 38.2. The van der Waals surface area contributed by atoms with Gasteiger partial charge in [-0.25, -0.2) is 4.79 Å². The molecule has 0 amide bonds. The number of carboxylic acids is 1. The van der Waals surface area contributed by atoms with Gasteiger partial charge in [0.15, 0.2) is 0 Å². The average Bonchev–Trinajstić information content (AvgIpc) is 3.58. The number of rotatable bonds is 56. The van der Waals surface area contributed by atoms with Gasteiger partial charge in [-0.05, 0) is 92.1 Å². The lowest BCUT2D eigenvalue weighted by atomic mass is 9.67. The zero-order valence-corrected chi connectivity index (χ0v) is 52.1. The summed E-state index contributed by atoms with van der Waals surface area (Å²) in [4.78, 5) is 14.3. The highest BCUT2D eigenvalue weighted by Crippen LogP contribution is 2.57. The SMILES string of the molecule is CC(C)CCCCCCCCCCC1=C(CCCCCCCCCCC(C)C)C(CCCCCCCCCCC(C)C)(CCCCCCCCCCC(C)C)C(C(=O)O)=C1CCCCCCCCCCC(C)C. The van der Waals surface area contributed by atoms with Gasteiger partial charge in [-0.1, -0.05) is 344 Å². The lowest BCUT2D eigenvalue weighted by Gasteiger charge is -2.36. The first kappa shape index (κ1) is 70.0. The van der Waals surface area contributed by atoms with Crippen molar-refractivity contribution in [2.24, 2.45) is 35.0 Å². The second-order valence-electron chi connectivity index (χ2n) is 27.0. The molecule has 0 heterocycles. The maximum atomic E-state index is 14.3. The molecular weight excluding hydrogens is 885 g/mol. The van der Waals surface area contributed by atoms with Crippen molar-refractivity contribution >= 4 is 5.97 Å². The van der Waals surface area contributed by atoms with Crippen molar-refractivity contribution in [1.82, 2.24) is 0 Å². The summed E-state index contributed by atoms with van der Waals surface area (Å²) in [5.74, 6) is 3.58. The predicted molar refractivity (Wildman–Crippen MR) is 329 cm³/mol. The Kier molecular flexibility index (Phi) is 46.1. The lowest BCUT2D eigenvalue weighted by Crippen LogP contribution is -2.29. The van der Waals surface area contributed by atoms with E-state index >= 15 is 0 Å². The van der Waals surface area contributed by atoms with E-state index in [0.29, 0.717) is 0 Å². The van der Waals surface area contributed by atoms with E-state index < -0.39 is 5.97 Å². The lowest BCUT2D eigenvalue weighted by molar-refractivity contribution is -0.134. The van der Waals surface area contributed by atoms with Gasteiger partial charge in [-0.15, -0.1) is 0 Å². The fraction of sp³-hybridized carbons (Fsp3) is 0.930. The van der Waals surface area contributed by atoms with Crippen LogP contribution in [0, 0.1) is 35.0 Å². The minimum absolute atomic E-state index is 0.257. The number of unbranched alkanes of at least 4 members (excludes halogenated alkanes) is 35. The Morgan fingerprint density at radius 1 is 0.288 bits per heavy atom. The van der Waals surface area contributed by atoms with Gasteiger partial charge in [0, 0.05) is 5.41 Å². The van der Waals surface area contributed by atoms with Crippen molar-refractivity contribution < 1.29 is 9.90 Å². The summed E-state index contributed by atoms with van der Waals surface area (Å²) in [6, 6.07) is 0. The Labute approximate surface area is 461 Å². The summed E-state index contributed by atoms with van der Waals surface area (Å²) in [5.41, 5.74) is 5.26. The average molecular weight is 1020 g/mol. The molecule has 0 atom stereocenters. The van der Waals surface area contributed by atoms with E-state index in [1.165, 1.54) is 288 Å². The van der Waals surface area contributed by atoms with Crippen molar-refractivity contribution in [3.8, 4) is 0 Å². The van der Waals surface area contributed by atoms with Gasteiger partial charge < -0.3 is 5.11 Å². The number of carbonyl (C=O) groups is 1. The van der Waals surface area contributed by atoms with E-state index in [4.69, 9.17) is 0 Å². The molecule has 0 aromatic rings. The van der Waals surface area contributed by atoms with Crippen molar-refractivity contribution in [1.29, 1.82) is 0 Å². The van der Waals surface area contributed by atoms with Crippen LogP contribution >= 0.6 is 0 Å². The van der Waals surface area contributed by atoms with Gasteiger partial charge in [0.1, 0.15) is 0 Å². The molecule has 1 rings (SSSR count). The summed E-state index contributed by atoms with van der Waals surface area (Å²) < 4.78 is 0. The van der Waals surface area contributed by atoms with E-state index in [1.54, 1.807) is 11.1 Å². The van der Waals surface area contributed by atoms with E-state index in [0.717, 1.165) is 73.7 Å². The van der Waals surface area contributed by atoms with Gasteiger partial charge in [-0.2, -0.15) is 0 Å². The summed E-state index contributed by atoms with van der Waals surface area (Å²) in [5, 5.41) is 11.7. The Morgan fingerprint density at radius 3 is 0.740 bits per heavy atom. The van der Waals surface area contributed by atoms with Crippen LogP contribution in [0.1, 0.15) is 390 Å². The van der Waals surface area contributed by atoms with Crippen LogP contribution in [-0.2, 0) is 4.79 Å². The van der Waals surface area contributed by atoms with Gasteiger partial charge in [0.25, 0.3) is 0 Å². The Morgan fingerprint density at radius 2 is 0.493 bits per heavy atom. The number of aliphatic carboxylic acids is 1. The molecule has 0 fully saturated rings. The fourth-order valence-corrected chi connectivity index (χ4v) is 12.9. The number of hydrogen-bond donors (Lipinski definition) is 1. The second kappa shape index (κ2) is 48.1. The molecule has 0 saturated carbocycles. The second-order valence-corrected chi connectivity index (χ2v) is 27.0. The van der Waals surface area contributed by atoms with Crippen molar-refractivity contribution in [2.75, 3.05) is 0 Å². The van der Waals surface area contributed by atoms with Gasteiger partial charge in [-0.3, -0.25) is 0 Å². The maximum absolute atomic E-state index is 14.3. The van der Waals surface area contributed by atoms with Crippen LogP contribution in [0.3, 0.4) is 0 Å². The fourth-order valence-electron chi connectivity index (χ4n) is 12.9. The maximum Gasteiger partial charge on any atom is 0.332 e. The van der Waals surface area contributed by atoms with Crippen LogP contribution in [0.15, 0.2) is 22.3 Å². The first-order valence-electron chi connectivity index (χ1n) is 34.0. The molecule has 0 aromatic heterocycles. The Hall–Kier alpha value is -1.05. The molecular formula is C71H136O2. The van der Waals surface area contributed by atoms with Crippen LogP contribution in [0.25, 0.3) is 0 Å². The van der Waals surface area contributed by atoms with E-state index in [9.17, 15) is 9.90 Å². The predicted octanol–water partition coefficient (Wildman–Crippen LogP) is 25.4. The number of carboxylic acid groups (broad SMARTS) is 1. The molecule has 0 radical (unpaired) electrons. The van der Waals surface area contributed by atoms with Crippen LogP contribution in [-0.4, -0.2) is 11.1 Å². The minimum atomic E-state index is -0.554. The summed E-state index contributed by atoms with van der Waals surface area (Å²) >= 11 is 0. The molecule has 2 heteroatoms. The molecule has 2 nitrogen and oxygen atoms in total. The normalized spacial score (nSPS) is 14.1. The van der Waals surface area contributed by atoms with Crippen LogP contribution in [0.5, 0.6) is 0 Å². The van der Waals surface area contributed by atoms with Gasteiger partial charge >= 0.3 is 5.97 Å². The molecule has 0 unspecified atom stereocenters. The van der Waals surface area contributed by atoms with Gasteiger partial charge in [0.2, 0.25) is 0 Å².